The number of aryl methyl sites for hydroxylation is 1. The van der Waals surface area contributed by atoms with Gasteiger partial charge in [-0.15, -0.1) is 11.3 Å². The first-order valence-electron chi connectivity index (χ1n) is 8.35. The van der Waals surface area contributed by atoms with Crippen LogP contribution in [0.3, 0.4) is 0 Å². The quantitative estimate of drug-likeness (QED) is 0.787. The zero-order valence-corrected chi connectivity index (χ0v) is 15.2. The Hall–Kier alpha value is -1.67. The van der Waals surface area contributed by atoms with Crippen LogP contribution >= 0.6 is 11.3 Å². The highest BCUT2D eigenvalue weighted by molar-refractivity contribution is 7.13. The molecule has 7 nitrogen and oxygen atoms in total. The van der Waals surface area contributed by atoms with Crippen molar-refractivity contribution < 1.29 is 14.3 Å². The second-order valence-corrected chi connectivity index (χ2v) is 6.90. The largest absolute Gasteiger partial charge is 0.383 e. The molecule has 1 fully saturated rings. The van der Waals surface area contributed by atoms with E-state index >= 15 is 0 Å². The molecule has 0 atom stereocenters. The van der Waals surface area contributed by atoms with Crippen LogP contribution in [0.1, 0.15) is 37.8 Å². The van der Waals surface area contributed by atoms with Gasteiger partial charge in [-0.2, -0.15) is 0 Å². The van der Waals surface area contributed by atoms with E-state index in [0.717, 1.165) is 31.4 Å². The predicted octanol–water partition coefficient (Wildman–Crippen LogP) is 2.38. The van der Waals surface area contributed by atoms with E-state index in [0.29, 0.717) is 18.3 Å². The summed E-state index contributed by atoms with van der Waals surface area (Å²) in [5.41, 5.74) is 0.863. The molecule has 134 valence electrons. The number of carbonyl (C=O) groups excluding carboxylic acids is 2. The fraction of sp³-hybridized carbons (Fsp3) is 0.688. The van der Waals surface area contributed by atoms with Gasteiger partial charge < -0.3 is 20.3 Å². The molecule has 1 aromatic rings. The molecule has 0 spiro atoms. The highest BCUT2D eigenvalue weighted by Gasteiger charge is 2.22. The minimum atomic E-state index is -0.251. The smallest absolute Gasteiger partial charge is 0.318 e. The van der Waals surface area contributed by atoms with Gasteiger partial charge in [-0.05, 0) is 19.8 Å². The number of thiazole rings is 1. The maximum atomic E-state index is 12.5. The van der Waals surface area contributed by atoms with Crippen molar-refractivity contribution in [2.75, 3.05) is 32.1 Å². The van der Waals surface area contributed by atoms with Gasteiger partial charge in [-0.1, -0.05) is 19.3 Å². The standard InChI is InChI=1S/C16H26N4O3S/c1-12-11-24-15(17-12)19-14(21)10-20(8-9-23-2)16(22)18-13-6-4-3-5-7-13/h11,13H,3-10H2,1-2H3,(H,18,22)(H,17,19,21). The zero-order valence-electron chi connectivity index (χ0n) is 14.3. The first-order chi connectivity index (χ1) is 11.6. The number of methoxy groups -OCH3 is 1. The van der Waals surface area contributed by atoms with Gasteiger partial charge in [0, 0.05) is 25.1 Å². The fourth-order valence-electron chi connectivity index (χ4n) is 2.71. The lowest BCUT2D eigenvalue weighted by Crippen LogP contribution is -2.49. The van der Waals surface area contributed by atoms with Gasteiger partial charge in [0.05, 0.1) is 12.3 Å². The van der Waals surface area contributed by atoms with Gasteiger partial charge in [0.2, 0.25) is 5.91 Å². The van der Waals surface area contributed by atoms with Crippen LogP contribution in [0, 0.1) is 6.92 Å². The van der Waals surface area contributed by atoms with Crippen LogP contribution in [0.25, 0.3) is 0 Å². The molecule has 0 radical (unpaired) electrons. The van der Waals surface area contributed by atoms with Crippen LogP contribution in [0.5, 0.6) is 0 Å². The Balaban J connectivity index is 1.88. The SMILES string of the molecule is COCCN(CC(=O)Nc1nc(C)cs1)C(=O)NC1CCCCC1. The predicted molar refractivity (Wildman–Crippen MR) is 94.3 cm³/mol. The summed E-state index contributed by atoms with van der Waals surface area (Å²) in [6.07, 6.45) is 5.54. The summed E-state index contributed by atoms with van der Waals surface area (Å²) in [5, 5.41) is 8.20. The van der Waals surface area contributed by atoms with Crippen LogP contribution in [0.15, 0.2) is 5.38 Å². The molecule has 0 unspecified atom stereocenters. The number of amides is 3. The van der Waals surface area contributed by atoms with E-state index in [-0.39, 0.29) is 24.5 Å². The number of nitrogens with one attached hydrogen (secondary N) is 2. The second kappa shape index (κ2) is 9.58. The molecule has 0 aromatic carbocycles. The number of urea groups is 1. The average molecular weight is 354 g/mol. The number of carbonyl (C=O) groups is 2. The van der Waals surface area contributed by atoms with Crippen molar-refractivity contribution in [3.05, 3.63) is 11.1 Å². The highest BCUT2D eigenvalue weighted by Crippen LogP contribution is 2.18. The lowest BCUT2D eigenvalue weighted by molar-refractivity contribution is -0.116. The molecule has 2 N–H and O–H groups in total. The fourth-order valence-corrected chi connectivity index (χ4v) is 3.41. The normalized spacial score (nSPS) is 15.1. The van der Waals surface area contributed by atoms with Gasteiger partial charge in [-0.25, -0.2) is 9.78 Å². The van der Waals surface area contributed by atoms with Crippen molar-refractivity contribution in [2.24, 2.45) is 0 Å². The summed E-state index contributed by atoms with van der Waals surface area (Å²) in [6.45, 7) is 2.62. The molecule has 0 bridgehead atoms. The van der Waals surface area contributed by atoms with E-state index in [2.05, 4.69) is 15.6 Å². The monoisotopic (exact) mass is 354 g/mol. The maximum Gasteiger partial charge on any atom is 0.318 e. The summed E-state index contributed by atoms with van der Waals surface area (Å²) in [4.78, 5) is 30.4. The molecule has 3 amide bonds. The van der Waals surface area contributed by atoms with Gasteiger partial charge in [0.15, 0.2) is 5.13 Å². The van der Waals surface area contributed by atoms with E-state index in [9.17, 15) is 9.59 Å². The third-order valence-corrected chi connectivity index (χ3v) is 4.86. The Morgan fingerprint density at radius 3 is 2.75 bits per heavy atom. The van der Waals surface area contributed by atoms with E-state index in [1.165, 1.54) is 22.7 Å². The summed E-state index contributed by atoms with van der Waals surface area (Å²) in [7, 11) is 1.58. The molecule has 1 aliphatic carbocycles. The summed E-state index contributed by atoms with van der Waals surface area (Å²) >= 11 is 1.37. The van der Waals surface area contributed by atoms with Crippen molar-refractivity contribution in [1.82, 2.24) is 15.2 Å². The molecular weight excluding hydrogens is 328 g/mol. The van der Waals surface area contributed by atoms with Crippen molar-refractivity contribution in [3.63, 3.8) is 0 Å². The molecule has 0 aliphatic heterocycles. The molecule has 2 rings (SSSR count). The Kier molecular flexibility index (Phi) is 7.45. The number of hydrogen-bond acceptors (Lipinski definition) is 5. The van der Waals surface area contributed by atoms with Crippen LogP contribution in [-0.2, 0) is 9.53 Å². The van der Waals surface area contributed by atoms with Crippen LogP contribution in [0.2, 0.25) is 0 Å². The summed E-state index contributed by atoms with van der Waals surface area (Å²) in [5.74, 6) is -0.251. The van der Waals surface area contributed by atoms with Crippen molar-refractivity contribution >= 4 is 28.4 Å². The molecule has 1 aromatic heterocycles. The van der Waals surface area contributed by atoms with Gasteiger partial charge >= 0.3 is 6.03 Å². The highest BCUT2D eigenvalue weighted by atomic mass is 32.1. The summed E-state index contributed by atoms with van der Waals surface area (Å²) in [6, 6.07) is 0.00499. The lowest BCUT2D eigenvalue weighted by atomic mass is 9.96. The number of anilines is 1. The van der Waals surface area contributed by atoms with Crippen LogP contribution < -0.4 is 10.6 Å². The number of rotatable bonds is 7. The van der Waals surface area contributed by atoms with Crippen molar-refractivity contribution in [3.8, 4) is 0 Å². The number of aromatic nitrogens is 1. The minimum absolute atomic E-state index is 0.0134. The molecule has 24 heavy (non-hydrogen) atoms. The van der Waals surface area contributed by atoms with Crippen LogP contribution in [0.4, 0.5) is 9.93 Å². The van der Waals surface area contributed by atoms with Crippen molar-refractivity contribution in [1.29, 1.82) is 0 Å². The van der Waals surface area contributed by atoms with Gasteiger partial charge in [-0.3, -0.25) is 4.79 Å². The third kappa shape index (κ3) is 6.09. The van der Waals surface area contributed by atoms with E-state index in [1.807, 2.05) is 12.3 Å². The topological polar surface area (TPSA) is 83.6 Å². The number of hydrogen-bond donors (Lipinski definition) is 2. The Morgan fingerprint density at radius 1 is 1.38 bits per heavy atom. The second-order valence-electron chi connectivity index (χ2n) is 6.04. The Bertz CT molecular complexity index is 543. The molecule has 8 heteroatoms. The molecule has 1 saturated carbocycles. The average Bonchev–Trinajstić information content (AvgIpc) is 2.97. The molecular formula is C16H26N4O3S. The molecule has 1 heterocycles. The maximum absolute atomic E-state index is 12.5. The number of ether oxygens (including phenoxy) is 1. The van der Waals surface area contributed by atoms with Crippen LogP contribution in [-0.4, -0.2) is 54.7 Å². The molecule has 0 saturated heterocycles. The van der Waals surface area contributed by atoms with E-state index in [1.54, 1.807) is 7.11 Å². The lowest BCUT2D eigenvalue weighted by Gasteiger charge is -2.28. The van der Waals surface area contributed by atoms with Gasteiger partial charge in [0.1, 0.15) is 6.54 Å². The minimum Gasteiger partial charge on any atom is -0.383 e. The number of nitrogens with zero attached hydrogens (tertiary/aromatic N) is 2. The Morgan fingerprint density at radius 2 is 2.12 bits per heavy atom. The molecule has 1 aliphatic rings. The first kappa shape index (κ1) is 18.7. The Labute approximate surface area is 146 Å². The van der Waals surface area contributed by atoms with E-state index in [4.69, 9.17) is 4.74 Å². The first-order valence-corrected chi connectivity index (χ1v) is 9.23. The van der Waals surface area contributed by atoms with Crippen molar-refractivity contribution in [2.45, 2.75) is 45.1 Å². The zero-order chi connectivity index (χ0) is 17.4. The van der Waals surface area contributed by atoms with Gasteiger partial charge in [0.25, 0.3) is 0 Å². The third-order valence-electron chi connectivity index (χ3n) is 3.99. The summed E-state index contributed by atoms with van der Waals surface area (Å²) < 4.78 is 5.05. The van der Waals surface area contributed by atoms with E-state index < -0.39 is 0 Å².